The molecule has 0 aromatic heterocycles. The van der Waals surface area contributed by atoms with Gasteiger partial charge in [-0.1, -0.05) is 39.3 Å². The van der Waals surface area contributed by atoms with Crippen molar-refractivity contribution in [3.8, 4) is 0 Å². The second kappa shape index (κ2) is 10.1. The third-order valence-electron chi connectivity index (χ3n) is 11.1. The van der Waals surface area contributed by atoms with E-state index in [0.717, 1.165) is 6.08 Å². The van der Waals surface area contributed by atoms with Crippen LogP contribution >= 0.6 is 0 Å². The zero-order valence-corrected chi connectivity index (χ0v) is 25.6. The molecule has 9 atom stereocenters. The Morgan fingerprint density at radius 1 is 1.09 bits per heavy atom. The molecule has 3 aliphatic carbocycles. The van der Waals surface area contributed by atoms with Crippen LogP contribution < -0.4 is 0 Å². The molecule has 5 rings (SSSR count). The SMILES string of the molecule is CC=C(C)C(=O)O[C@H]1C(C)(C)[C@H](CC(=O)OC)[C@]2(C)C(=O)[C@@]1(O)C=C1[C@H]2CC[C@]2(C)[C@H]1CC(=O)O[C@H]2C1=CC(=O)O[C@H]1O. The van der Waals surface area contributed by atoms with Gasteiger partial charge in [-0.05, 0) is 50.5 Å². The molecule has 2 N–H and O–H groups in total. The van der Waals surface area contributed by atoms with Gasteiger partial charge in [0.2, 0.25) is 6.29 Å². The number of methoxy groups -OCH3 is 1. The average Bonchev–Trinajstić information content (AvgIpc) is 3.28. The summed E-state index contributed by atoms with van der Waals surface area (Å²) < 4.78 is 21.6. The van der Waals surface area contributed by atoms with E-state index in [2.05, 4.69) is 0 Å². The standard InChI is InChI=1S/C32H40O11/c1-8-15(2)25(36)43-28-29(3,4)20(13-21(33)40-7)31(6)18-9-10-30(5)19(17(18)14-32(28,39)27(31)38)12-23(35)41-24(30)16-11-22(34)42-26(16)37/h8,11,14,18-20,24,26,28,37,39H,9-10,12-13H2,1-7H3/t18-,19+,20+,24+,26-,28+,30-,31-,32+/m1/s1. The number of carbonyl (C=O) groups is 5. The summed E-state index contributed by atoms with van der Waals surface area (Å²) >= 11 is 0. The summed E-state index contributed by atoms with van der Waals surface area (Å²) in [4.78, 5) is 65.5. The van der Waals surface area contributed by atoms with Crippen LogP contribution in [0, 0.1) is 34.0 Å². The van der Waals surface area contributed by atoms with Crippen molar-refractivity contribution in [3.05, 3.63) is 34.9 Å². The van der Waals surface area contributed by atoms with Crippen LogP contribution in [0.25, 0.3) is 0 Å². The molecule has 5 aliphatic rings. The lowest BCUT2D eigenvalue weighted by Gasteiger charge is -2.65. The topological polar surface area (TPSA) is 163 Å². The van der Waals surface area contributed by atoms with Crippen molar-refractivity contribution in [2.45, 2.75) is 91.3 Å². The first-order valence-corrected chi connectivity index (χ1v) is 14.7. The number of carbonyl (C=O) groups excluding carboxylic acids is 5. The second-order valence-electron chi connectivity index (χ2n) is 13.7. The van der Waals surface area contributed by atoms with Crippen LogP contribution in [0.15, 0.2) is 34.9 Å². The Morgan fingerprint density at radius 3 is 2.35 bits per heavy atom. The summed E-state index contributed by atoms with van der Waals surface area (Å²) in [6.07, 6.45) is 0.904. The van der Waals surface area contributed by atoms with Crippen molar-refractivity contribution in [3.63, 3.8) is 0 Å². The van der Waals surface area contributed by atoms with Gasteiger partial charge < -0.3 is 29.2 Å². The Bertz CT molecular complexity index is 1390. The number of fused-ring (bicyclic) bond motifs is 6. The van der Waals surface area contributed by atoms with Crippen LogP contribution in [0.2, 0.25) is 0 Å². The molecule has 2 saturated carbocycles. The highest BCUT2D eigenvalue weighted by atomic mass is 16.6. The van der Waals surface area contributed by atoms with Crippen LogP contribution in [-0.2, 0) is 42.9 Å². The molecule has 0 amide bonds. The number of hydrogen-bond acceptors (Lipinski definition) is 11. The molecule has 2 aliphatic heterocycles. The number of ether oxygens (including phenoxy) is 4. The summed E-state index contributed by atoms with van der Waals surface area (Å²) in [6.45, 7) is 10.4. The number of hydrogen-bond donors (Lipinski definition) is 2. The quantitative estimate of drug-likeness (QED) is 0.206. The predicted octanol–water partition coefficient (Wildman–Crippen LogP) is 2.48. The Balaban J connectivity index is 1.70. The number of cyclic esters (lactones) is 2. The zero-order chi connectivity index (χ0) is 31.9. The summed E-state index contributed by atoms with van der Waals surface area (Å²) in [5.74, 6) is -4.85. The maximum Gasteiger partial charge on any atom is 0.333 e. The molecular formula is C32H40O11. The molecular weight excluding hydrogens is 560 g/mol. The minimum Gasteiger partial charge on any atom is -0.469 e. The summed E-state index contributed by atoms with van der Waals surface area (Å²) in [5, 5.41) is 22.9. The van der Waals surface area contributed by atoms with Crippen molar-refractivity contribution >= 4 is 29.7 Å². The fourth-order valence-corrected chi connectivity index (χ4v) is 8.80. The van der Waals surface area contributed by atoms with E-state index in [0.29, 0.717) is 18.4 Å². The molecule has 0 radical (unpaired) electrons. The fourth-order valence-electron chi connectivity index (χ4n) is 8.80. The summed E-state index contributed by atoms with van der Waals surface area (Å²) in [6, 6.07) is 0. The van der Waals surface area contributed by atoms with Gasteiger partial charge in [0.05, 0.1) is 13.5 Å². The number of Topliss-reactive ketones (excluding diaryl/α,β-unsaturated/α-hetero) is 1. The fraction of sp³-hybridized carbons (Fsp3) is 0.656. The molecule has 43 heavy (non-hydrogen) atoms. The number of aliphatic hydroxyl groups is 2. The van der Waals surface area contributed by atoms with Crippen molar-refractivity contribution in [2.24, 2.45) is 34.0 Å². The van der Waals surface area contributed by atoms with Crippen LogP contribution in [0.1, 0.15) is 67.2 Å². The molecule has 3 fully saturated rings. The maximum absolute atomic E-state index is 14.5. The number of esters is 4. The van der Waals surface area contributed by atoms with Gasteiger partial charge in [0, 0.05) is 39.9 Å². The summed E-state index contributed by atoms with van der Waals surface area (Å²) in [7, 11) is 1.26. The minimum atomic E-state index is -2.26. The van der Waals surface area contributed by atoms with Crippen LogP contribution in [0.3, 0.4) is 0 Å². The van der Waals surface area contributed by atoms with Gasteiger partial charge in [0.1, 0.15) is 12.2 Å². The molecule has 0 aromatic carbocycles. The Labute approximate surface area is 250 Å². The first-order valence-electron chi connectivity index (χ1n) is 14.7. The van der Waals surface area contributed by atoms with E-state index in [4.69, 9.17) is 18.9 Å². The van der Waals surface area contributed by atoms with E-state index in [-0.39, 0.29) is 24.0 Å². The molecule has 1 saturated heterocycles. The molecule has 0 spiro atoms. The number of ketones is 1. The lowest BCUT2D eigenvalue weighted by molar-refractivity contribution is -0.223. The van der Waals surface area contributed by atoms with Crippen molar-refractivity contribution in [2.75, 3.05) is 7.11 Å². The third kappa shape index (κ3) is 4.33. The van der Waals surface area contributed by atoms with Crippen LogP contribution in [0.4, 0.5) is 0 Å². The normalized spacial score (nSPS) is 41.6. The van der Waals surface area contributed by atoms with Crippen LogP contribution in [-0.4, -0.2) is 71.1 Å². The third-order valence-corrected chi connectivity index (χ3v) is 11.1. The Hall–Kier alpha value is -3.31. The highest BCUT2D eigenvalue weighted by molar-refractivity contribution is 5.99. The molecule has 11 heteroatoms. The Kier molecular flexibility index (Phi) is 7.33. The van der Waals surface area contributed by atoms with E-state index < -0.39 is 87.8 Å². The average molecular weight is 601 g/mol. The highest BCUT2D eigenvalue weighted by Gasteiger charge is 2.74. The van der Waals surface area contributed by atoms with E-state index in [1.807, 2.05) is 6.92 Å². The molecule has 0 aromatic rings. The van der Waals surface area contributed by atoms with Crippen LogP contribution in [0.5, 0.6) is 0 Å². The predicted molar refractivity (Wildman–Crippen MR) is 148 cm³/mol. The van der Waals surface area contributed by atoms with E-state index >= 15 is 0 Å². The van der Waals surface area contributed by atoms with E-state index in [9.17, 15) is 34.2 Å². The van der Waals surface area contributed by atoms with Gasteiger partial charge in [0.15, 0.2) is 11.4 Å². The van der Waals surface area contributed by atoms with Gasteiger partial charge in [-0.15, -0.1) is 0 Å². The van der Waals surface area contributed by atoms with Gasteiger partial charge in [0.25, 0.3) is 0 Å². The minimum absolute atomic E-state index is 0.0684. The van der Waals surface area contributed by atoms with Crippen molar-refractivity contribution in [1.82, 2.24) is 0 Å². The number of aliphatic hydroxyl groups excluding tert-OH is 1. The second-order valence-corrected chi connectivity index (χ2v) is 13.7. The first kappa shape index (κ1) is 31.1. The monoisotopic (exact) mass is 600 g/mol. The summed E-state index contributed by atoms with van der Waals surface area (Å²) in [5.41, 5.74) is -4.40. The maximum atomic E-state index is 14.5. The smallest absolute Gasteiger partial charge is 0.333 e. The molecule has 234 valence electrons. The van der Waals surface area contributed by atoms with Gasteiger partial charge in [-0.3, -0.25) is 14.4 Å². The highest BCUT2D eigenvalue weighted by Crippen LogP contribution is 2.68. The number of rotatable bonds is 5. The lowest BCUT2D eigenvalue weighted by Crippen LogP contribution is -2.74. The lowest BCUT2D eigenvalue weighted by atomic mass is 9.39. The first-order chi connectivity index (χ1) is 20.0. The van der Waals surface area contributed by atoms with Crippen molar-refractivity contribution in [1.29, 1.82) is 0 Å². The van der Waals surface area contributed by atoms with Crippen molar-refractivity contribution < 1.29 is 53.1 Å². The zero-order valence-electron chi connectivity index (χ0n) is 25.6. The van der Waals surface area contributed by atoms with Gasteiger partial charge >= 0.3 is 23.9 Å². The number of allylic oxidation sites excluding steroid dienone is 2. The largest absolute Gasteiger partial charge is 0.469 e. The molecule has 2 heterocycles. The van der Waals surface area contributed by atoms with E-state index in [1.165, 1.54) is 13.2 Å². The molecule has 2 bridgehead atoms. The van der Waals surface area contributed by atoms with E-state index in [1.54, 1.807) is 40.7 Å². The molecule has 0 unspecified atom stereocenters. The molecule has 11 nitrogen and oxygen atoms in total. The van der Waals surface area contributed by atoms with Gasteiger partial charge in [-0.2, -0.15) is 0 Å². The Morgan fingerprint density at radius 2 is 1.77 bits per heavy atom. The van der Waals surface area contributed by atoms with Gasteiger partial charge in [-0.25, -0.2) is 9.59 Å².